The van der Waals surface area contributed by atoms with E-state index in [-0.39, 0.29) is 0 Å². The van der Waals surface area contributed by atoms with Gasteiger partial charge in [0, 0.05) is 18.8 Å². The van der Waals surface area contributed by atoms with E-state index in [4.69, 9.17) is 0 Å². The van der Waals surface area contributed by atoms with E-state index in [0.717, 1.165) is 12.5 Å². The SMILES string of the molecule is CCC1CCCC(n2ccc3cccc(CNC)c32)C1. The van der Waals surface area contributed by atoms with Crippen molar-refractivity contribution in [1.82, 2.24) is 9.88 Å². The Morgan fingerprint density at radius 2 is 2.15 bits per heavy atom. The van der Waals surface area contributed by atoms with Crippen LogP contribution in [0.4, 0.5) is 0 Å². The van der Waals surface area contributed by atoms with Gasteiger partial charge in [-0.05, 0) is 42.8 Å². The van der Waals surface area contributed by atoms with Crippen molar-refractivity contribution in [3.63, 3.8) is 0 Å². The topological polar surface area (TPSA) is 17.0 Å². The van der Waals surface area contributed by atoms with E-state index in [9.17, 15) is 0 Å². The third-order valence-electron chi connectivity index (χ3n) is 4.92. The normalized spacial score (nSPS) is 23.3. The lowest BCUT2D eigenvalue weighted by atomic mass is 9.84. The molecule has 0 radical (unpaired) electrons. The number of benzene rings is 1. The molecule has 0 bridgehead atoms. The summed E-state index contributed by atoms with van der Waals surface area (Å²) in [7, 11) is 2.03. The summed E-state index contributed by atoms with van der Waals surface area (Å²) >= 11 is 0. The highest BCUT2D eigenvalue weighted by atomic mass is 15.0. The van der Waals surface area contributed by atoms with E-state index in [0.29, 0.717) is 6.04 Å². The summed E-state index contributed by atoms with van der Waals surface area (Å²) in [5, 5.41) is 4.69. The van der Waals surface area contributed by atoms with Gasteiger partial charge in [0.2, 0.25) is 0 Å². The van der Waals surface area contributed by atoms with E-state index in [1.165, 1.54) is 48.6 Å². The fourth-order valence-corrected chi connectivity index (χ4v) is 3.82. The third kappa shape index (κ3) is 2.49. The van der Waals surface area contributed by atoms with Gasteiger partial charge in [0.25, 0.3) is 0 Å². The molecule has 0 amide bonds. The average Bonchev–Trinajstić information content (AvgIpc) is 2.93. The predicted octanol–water partition coefficient (Wildman–Crippen LogP) is 4.50. The molecular formula is C18H26N2. The van der Waals surface area contributed by atoms with E-state index >= 15 is 0 Å². The minimum atomic E-state index is 0.698. The molecule has 1 aromatic heterocycles. The molecule has 0 saturated heterocycles. The molecule has 2 heteroatoms. The van der Waals surface area contributed by atoms with Crippen LogP contribution in [0, 0.1) is 5.92 Å². The van der Waals surface area contributed by atoms with Gasteiger partial charge in [0.15, 0.2) is 0 Å². The van der Waals surface area contributed by atoms with E-state index in [1.807, 2.05) is 7.05 Å². The Bertz CT molecular complexity index is 570. The molecule has 2 nitrogen and oxygen atoms in total. The highest BCUT2D eigenvalue weighted by Gasteiger charge is 2.23. The van der Waals surface area contributed by atoms with Gasteiger partial charge in [0.05, 0.1) is 5.52 Å². The summed E-state index contributed by atoms with van der Waals surface area (Å²) < 4.78 is 2.56. The van der Waals surface area contributed by atoms with Gasteiger partial charge in [-0.25, -0.2) is 0 Å². The fourth-order valence-electron chi connectivity index (χ4n) is 3.82. The number of rotatable bonds is 4. The molecule has 2 unspecified atom stereocenters. The Hall–Kier alpha value is -1.28. The minimum Gasteiger partial charge on any atom is -0.344 e. The Morgan fingerprint density at radius 1 is 1.25 bits per heavy atom. The van der Waals surface area contributed by atoms with Crippen LogP contribution in [-0.4, -0.2) is 11.6 Å². The van der Waals surface area contributed by atoms with Crippen molar-refractivity contribution in [1.29, 1.82) is 0 Å². The highest BCUT2D eigenvalue weighted by Crippen LogP contribution is 2.36. The van der Waals surface area contributed by atoms with Crippen LogP contribution in [0.3, 0.4) is 0 Å². The molecule has 1 N–H and O–H groups in total. The predicted molar refractivity (Wildman–Crippen MR) is 86.0 cm³/mol. The average molecular weight is 270 g/mol. The van der Waals surface area contributed by atoms with Gasteiger partial charge in [-0.3, -0.25) is 0 Å². The molecule has 1 fully saturated rings. The van der Waals surface area contributed by atoms with Gasteiger partial charge < -0.3 is 9.88 Å². The molecule has 108 valence electrons. The molecule has 20 heavy (non-hydrogen) atoms. The molecule has 2 aromatic rings. The highest BCUT2D eigenvalue weighted by molar-refractivity contribution is 5.83. The summed E-state index contributed by atoms with van der Waals surface area (Å²) in [6.07, 6.45) is 9.15. The summed E-state index contributed by atoms with van der Waals surface area (Å²) in [6.45, 7) is 3.29. The second kappa shape index (κ2) is 6.01. The van der Waals surface area contributed by atoms with Crippen LogP contribution >= 0.6 is 0 Å². The Labute approximate surface area is 122 Å². The van der Waals surface area contributed by atoms with E-state index < -0.39 is 0 Å². The second-order valence-corrected chi connectivity index (χ2v) is 6.20. The van der Waals surface area contributed by atoms with Crippen LogP contribution in [-0.2, 0) is 6.54 Å². The number of nitrogens with zero attached hydrogens (tertiary/aromatic N) is 1. The zero-order valence-corrected chi connectivity index (χ0v) is 12.7. The fraction of sp³-hybridized carbons (Fsp3) is 0.556. The van der Waals surface area contributed by atoms with Crippen molar-refractivity contribution in [3.05, 3.63) is 36.0 Å². The summed E-state index contributed by atoms with van der Waals surface area (Å²) in [6, 6.07) is 9.66. The van der Waals surface area contributed by atoms with E-state index in [2.05, 4.69) is 47.3 Å². The maximum Gasteiger partial charge on any atom is 0.0528 e. The monoisotopic (exact) mass is 270 g/mol. The molecule has 0 aliphatic heterocycles. The quantitative estimate of drug-likeness (QED) is 0.865. The Morgan fingerprint density at radius 3 is 2.95 bits per heavy atom. The largest absolute Gasteiger partial charge is 0.344 e. The number of aromatic nitrogens is 1. The molecular weight excluding hydrogens is 244 g/mol. The molecule has 1 aromatic carbocycles. The molecule has 1 heterocycles. The van der Waals surface area contributed by atoms with Crippen LogP contribution in [0.15, 0.2) is 30.5 Å². The molecule has 1 saturated carbocycles. The van der Waals surface area contributed by atoms with Gasteiger partial charge in [-0.15, -0.1) is 0 Å². The maximum atomic E-state index is 3.30. The lowest BCUT2D eigenvalue weighted by Crippen LogP contribution is -2.19. The van der Waals surface area contributed by atoms with Crippen LogP contribution in [0.1, 0.15) is 50.6 Å². The first-order valence-corrected chi connectivity index (χ1v) is 8.06. The molecule has 1 aliphatic carbocycles. The van der Waals surface area contributed by atoms with Crippen molar-refractivity contribution >= 4 is 10.9 Å². The smallest absolute Gasteiger partial charge is 0.0528 e. The van der Waals surface area contributed by atoms with E-state index in [1.54, 1.807) is 0 Å². The zero-order valence-electron chi connectivity index (χ0n) is 12.7. The first-order chi connectivity index (χ1) is 9.83. The van der Waals surface area contributed by atoms with Gasteiger partial charge in [-0.2, -0.15) is 0 Å². The maximum absolute atomic E-state index is 3.30. The van der Waals surface area contributed by atoms with Crippen molar-refractivity contribution < 1.29 is 0 Å². The van der Waals surface area contributed by atoms with Gasteiger partial charge in [-0.1, -0.05) is 44.4 Å². The molecule has 3 rings (SSSR count). The number of hydrogen-bond donors (Lipinski definition) is 1. The van der Waals surface area contributed by atoms with Crippen LogP contribution < -0.4 is 5.32 Å². The van der Waals surface area contributed by atoms with Crippen molar-refractivity contribution in [2.45, 2.75) is 51.6 Å². The van der Waals surface area contributed by atoms with Crippen LogP contribution in [0.5, 0.6) is 0 Å². The number of hydrogen-bond acceptors (Lipinski definition) is 1. The van der Waals surface area contributed by atoms with Crippen LogP contribution in [0.25, 0.3) is 10.9 Å². The summed E-state index contributed by atoms with van der Waals surface area (Å²) in [5.41, 5.74) is 2.87. The van der Waals surface area contributed by atoms with Gasteiger partial charge in [0.1, 0.15) is 0 Å². The summed E-state index contributed by atoms with van der Waals surface area (Å²) in [4.78, 5) is 0. The number of para-hydroxylation sites is 1. The molecule has 2 atom stereocenters. The lowest BCUT2D eigenvalue weighted by Gasteiger charge is -2.30. The third-order valence-corrected chi connectivity index (χ3v) is 4.92. The standard InChI is InChI=1S/C18H26N2/c1-3-14-6-4-9-17(12-14)20-11-10-15-7-5-8-16(13-19-2)18(15)20/h5,7-8,10-11,14,17,19H,3-4,6,9,12-13H2,1-2H3. The Balaban J connectivity index is 1.98. The Kier molecular flexibility index (Phi) is 4.11. The van der Waals surface area contributed by atoms with Crippen LogP contribution in [0.2, 0.25) is 0 Å². The first-order valence-electron chi connectivity index (χ1n) is 8.06. The van der Waals surface area contributed by atoms with Crippen molar-refractivity contribution in [2.75, 3.05) is 7.05 Å². The summed E-state index contributed by atoms with van der Waals surface area (Å²) in [5.74, 6) is 0.919. The molecule has 1 aliphatic rings. The number of nitrogens with one attached hydrogen (secondary N) is 1. The van der Waals surface area contributed by atoms with Crippen molar-refractivity contribution in [2.24, 2.45) is 5.92 Å². The van der Waals surface area contributed by atoms with Gasteiger partial charge >= 0.3 is 0 Å². The van der Waals surface area contributed by atoms with Crippen molar-refractivity contribution in [3.8, 4) is 0 Å². The number of fused-ring (bicyclic) bond motifs is 1. The zero-order chi connectivity index (χ0) is 13.9. The minimum absolute atomic E-state index is 0.698. The first kappa shape index (κ1) is 13.7. The molecule has 0 spiro atoms. The lowest BCUT2D eigenvalue weighted by molar-refractivity contribution is 0.265. The second-order valence-electron chi connectivity index (χ2n) is 6.20.